The third-order valence-electron chi connectivity index (χ3n) is 8.11. The number of aromatic nitrogens is 5. The van der Waals surface area contributed by atoms with Crippen molar-refractivity contribution < 1.29 is 14.4 Å². The number of aryl methyl sites for hydroxylation is 2. The van der Waals surface area contributed by atoms with Gasteiger partial charge >= 0.3 is 0 Å². The zero-order chi connectivity index (χ0) is 31.5. The first-order chi connectivity index (χ1) is 21.1. The number of halogens is 1. The molecule has 1 fully saturated rings. The summed E-state index contributed by atoms with van der Waals surface area (Å²) in [6.07, 6.45) is 3.99. The highest BCUT2D eigenvalue weighted by Crippen LogP contribution is 2.32. The molecule has 230 valence electrons. The van der Waals surface area contributed by atoms with E-state index in [9.17, 15) is 14.4 Å². The molecule has 12 nitrogen and oxygen atoms in total. The minimum atomic E-state index is -0.674. The molecular weight excluding hydrogens is 626 g/mol. The van der Waals surface area contributed by atoms with Gasteiger partial charge in [-0.25, -0.2) is 15.0 Å². The van der Waals surface area contributed by atoms with Crippen LogP contribution in [0.2, 0.25) is 0 Å². The van der Waals surface area contributed by atoms with Gasteiger partial charge in [-0.1, -0.05) is 19.1 Å². The highest BCUT2D eigenvalue weighted by Gasteiger charge is 2.43. The van der Waals surface area contributed by atoms with E-state index in [2.05, 4.69) is 51.9 Å². The lowest BCUT2D eigenvalue weighted by molar-refractivity contribution is -0.139. The molecule has 44 heavy (non-hydrogen) atoms. The van der Waals surface area contributed by atoms with E-state index in [0.717, 1.165) is 16.7 Å². The zero-order valence-electron chi connectivity index (χ0n) is 25.4. The van der Waals surface area contributed by atoms with Crippen LogP contribution in [0.15, 0.2) is 47.3 Å². The van der Waals surface area contributed by atoms with Crippen LogP contribution in [-0.2, 0) is 16.1 Å². The van der Waals surface area contributed by atoms with Gasteiger partial charge in [0.1, 0.15) is 28.8 Å². The van der Waals surface area contributed by atoms with Crippen molar-refractivity contribution in [1.82, 2.24) is 40.3 Å². The third-order valence-corrected chi connectivity index (χ3v) is 8.56. The molecule has 1 aliphatic heterocycles. The third kappa shape index (κ3) is 6.48. The van der Waals surface area contributed by atoms with Gasteiger partial charge in [-0.3, -0.25) is 19.1 Å². The highest BCUT2D eigenvalue weighted by atomic mass is 79.9. The number of amides is 3. The fourth-order valence-electron chi connectivity index (χ4n) is 5.47. The number of benzene rings is 1. The summed E-state index contributed by atoms with van der Waals surface area (Å²) >= 11 is 3.36. The maximum Gasteiger partial charge on any atom is 0.272 e. The Hall–Kier alpha value is -4.23. The van der Waals surface area contributed by atoms with Gasteiger partial charge in [0.25, 0.3) is 5.91 Å². The molecular formula is C31H36BrN9O3. The van der Waals surface area contributed by atoms with Crippen molar-refractivity contribution in [3.8, 4) is 11.1 Å². The number of pyridine rings is 1. The summed E-state index contributed by atoms with van der Waals surface area (Å²) in [6.45, 7) is 8.55. The largest absolute Gasteiger partial charge is 0.349 e. The summed E-state index contributed by atoms with van der Waals surface area (Å²) in [7, 11) is 1.81. The number of likely N-dealkylation sites (tertiary alicyclic amines) is 1. The lowest BCUT2D eigenvalue weighted by atomic mass is 10.0. The first-order valence-electron chi connectivity index (χ1n) is 14.5. The van der Waals surface area contributed by atoms with Crippen LogP contribution in [-0.4, -0.2) is 79.6 Å². The summed E-state index contributed by atoms with van der Waals surface area (Å²) in [5, 5.41) is 14.0. The van der Waals surface area contributed by atoms with Gasteiger partial charge < -0.3 is 20.9 Å². The summed E-state index contributed by atoms with van der Waals surface area (Å²) in [5.74, 6) is 0.322. The van der Waals surface area contributed by atoms with E-state index >= 15 is 0 Å². The van der Waals surface area contributed by atoms with E-state index in [1.807, 2.05) is 65.1 Å². The topological polar surface area (TPSA) is 147 Å². The van der Waals surface area contributed by atoms with Crippen molar-refractivity contribution in [3.63, 3.8) is 0 Å². The molecule has 13 heteroatoms. The van der Waals surface area contributed by atoms with E-state index in [4.69, 9.17) is 0 Å². The Morgan fingerprint density at radius 2 is 1.77 bits per heavy atom. The van der Waals surface area contributed by atoms with Crippen LogP contribution < -0.4 is 16.0 Å². The lowest BCUT2D eigenvalue weighted by Crippen LogP contribution is -2.47. The summed E-state index contributed by atoms with van der Waals surface area (Å²) in [5.41, 5.74) is 3.28. The minimum Gasteiger partial charge on any atom is -0.349 e. The molecule has 3 amide bonds. The van der Waals surface area contributed by atoms with Gasteiger partial charge in [0.15, 0.2) is 5.69 Å². The average Bonchev–Trinajstić information content (AvgIpc) is 3.51. The number of nitrogens with one attached hydrogen (secondary N) is 3. The van der Waals surface area contributed by atoms with Gasteiger partial charge in [-0.2, -0.15) is 5.10 Å². The summed E-state index contributed by atoms with van der Waals surface area (Å²) in [6, 6.07) is 8.43. The van der Waals surface area contributed by atoms with E-state index in [-0.39, 0.29) is 41.9 Å². The molecule has 4 aromatic rings. The molecule has 3 aromatic heterocycles. The van der Waals surface area contributed by atoms with Crippen LogP contribution in [0.25, 0.3) is 22.0 Å². The van der Waals surface area contributed by atoms with Crippen molar-refractivity contribution in [2.45, 2.75) is 52.7 Å². The standard InChI is InChI=1S/C31H36BrN9O3/c1-17-6-9-26(32)37-29(17)38-30(43)25-12-18(2)19(3)41(25)27(42)16-40-24-8-7-21(22-14-35-20(4)36-15-22)13-23(24)28(39-40)31(44)34-11-10-33-5/h6-9,13-15,18-19,25,33H,10-12,16H2,1-5H3,(H,34,44)(H,37,38,43)/t18-,19+,25-/m0/s1. The Bertz CT molecular complexity index is 1710. The normalized spacial score (nSPS) is 18.0. The molecule has 0 saturated carbocycles. The van der Waals surface area contributed by atoms with Crippen LogP contribution in [0.1, 0.15) is 42.1 Å². The Labute approximate surface area is 264 Å². The number of rotatable bonds is 9. The van der Waals surface area contributed by atoms with Crippen molar-refractivity contribution in [2.75, 3.05) is 25.5 Å². The van der Waals surface area contributed by atoms with Crippen LogP contribution in [0, 0.1) is 19.8 Å². The molecule has 3 atom stereocenters. The number of likely N-dealkylation sites (N-methyl/N-ethyl adjacent to an activating group) is 1. The average molecular weight is 663 g/mol. The second kappa shape index (κ2) is 13.2. The van der Waals surface area contributed by atoms with E-state index in [1.165, 1.54) is 0 Å². The number of hydrogen-bond donors (Lipinski definition) is 3. The summed E-state index contributed by atoms with van der Waals surface area (Å²) in [4.78, 5) is 55.3. The molecule has 5 rings (SSSR count). The molecule has 3 N–H and O–H groups in total. The Balaban J connectivity index is 1.45. The molecule has 0 spiro atoms. The molecule has 1 aromatic carbocycles. The van der Waals surface area contributed by atoms with Crippen LogP contribution in [0.4, 0.5) is 5.82 Å². The number of carbonyl (C=O) groups is 3. The van der Waals surface area contributed by atoms with Gasteiger partial charge in [-0.15, -0.1) is 0 Å². The van der Waals surface area contributed by atoms with Crippen molar-refractivity contribution in [3.05, 3.63) is 64.4 Å². The second-order valence-electron chi connectivity index (χ2n) is 11.2. The lowest BCUT2D eigenvalue weighted by Gasteiger charge is -2.28. The Morgan fingerprint density at radius 1 is 1.02 bits per heavy atom. The first-order valence-corrected chi connectivity index (χ1v) is 15.3. The fraction of sp³-hybridized carbons (Fsp3) is 0.387. The van der Waals surface area contributed by atoms with Crippen molar-refractivity contribution >= 4 is 50.4 Å². The predicted molar refractivity (Wildman–Crippen MR) is 171 cm³/mol. The highest BCUT2D eigenvalue weighted by molar-refractivity contribution is 9.10. The van der Waals surface area contributed by atoms with Gasteiger partial charge in [-0.05, 0) is 85.4 Å². The van der Waals surface area contributed by atoms with Crippen molar-refractivity contribution in [2.24, 2.45) is 5.92 Å². The number of nitrogens with zero attached hydrogens (tertiary/aromatic N) is 6. The van der Waals surface area contributed by atoms with Gasteiger partial charge in [0.2, 0.25) is 11.8 Å². The Kier molecular flexibility index (Phi) is 9.35. The van der Waals surface area contributed by atoms with Gasteiger partial charge in [0, 0.05) is 42.5 Å². The van der Waals surface area contributed by atoms with E-state index in [1.54, 1.807) is 22.0 Å². The molecule has 1 saturated heterocycles. The second-order valence-corrected chi connectivity index (χ2v) is 12.0. The number of carbonyl (C=O) groups excluding carboxylic acids is 3. The quantitative estimate of drug-likeness (QED) is 0.183. The van der Waals surface area contributed by atoms with Crippen molar-refractivity contribution in [1.29, 1.82) is 0 Å². The predicted octanol–water partition coefficient (Wildman–Crippen LogP) is 3.48. The monoisotopic (exact) mass is 661 g/mol. The number of hydrogen-bond acceptors (Lipinski definition) is 8. The summed E-state index contributed by atoms with van der Waals surface area (Å²) < 4.78 is 2.15. The maximum absolute atomic E-state index is 13.9. The maximum atomic E-state index is 13.9. The SMILES string of the molecule is CNCCNC(=O)c1nn(CC(=O)N2[C@H](C)[C@@H](C)C[C@H]2C(=O)Nc2nc(Br)ccc2C)c2ccc(-c3cnc(C)nc3)cc12. The van der Waals surface area contributed by atoms with Crippen LogP contribution in [0.5, 0.6) is 0 Å². The molecule has 0 aliphatic carbocycles. The zero-order valence-corrected chi connectivity index (χ0v) is 27.0. The molecule has 1 aliphatic rings. The fourth-order valence-corrected chi connectivity index (χ4v) is 5.78. The first kappa shape index (κ1) is 31.2. The Morgan fingerprint density at radius 3 is 2.50 bits per heavy atom. The number of fused-ring (bicyclic) bond motifs is 1. The van der Waals surface area contributed by atoms with Crippen LogP contribution >= 0.6 is 15.9 Å². The number of anilines is 1. The molecule has 0 unspecified atom stereocenters. The molecule has 4 heterocycles. The van der Waals surface area contributed by atoms with E-state index < -0.39 is 6.04 Å². The van der Waals surface area contributed by atoms with Crippen LogP contribution in [0.3, 0.4) is 0 Å². The molecule has 0 radical (unpaired) electrons. The smallest absolute Gasteiger partial charge is 0.272 e. The van der Waals surface area contributed by atoms with Gasteiger partial charge in [0.05, 0.1) is 5.52 Å². The minimum absolute atomic E-state index is 0.105. The molecule has 0 bridgehead atoms. The van der Waals surface area contributed by atoms with E-state index in [0.29, 0.717) is 46.7 Å².